The number of hydrogen-bond donors (Lipinski definition) is 1. The highest BCUT2D eigenvalue weighted by Crippen LogP contribution is 2.12. The third-order valence-electron chi connectivity index (χ3n) is 2.51. The van der Waals surface area contributed by atoms with Gasteiger partial charge in [0.15, 0.2) is 0 Å². The van der Waals surface area contributed by atoms with Gasteiger partial charge in [-0.05, 0) is 18.9 Å². The fourth-order valence-electron chi connectivity index (χ4n) is 1.40. The molecule has 0 aliphatic rings. The first kappa shape index (κ1) is 14.7. The van der Waals surface area contributed by atoms with E-state index < -0.39 is 0 Å². The molecule has 0 bridgehead atoms. The van der Waals surface area contributed by atoms with Crippen molar-refractivity contribution in [1.29, 1.82) is 0 Å². The molecule has 1 amide bonds. The highest BCUT2D eigenvalue weighted by molar-refractivity contribution is 9.09. The first-order valence-corrected chi connectivity index (χ1v) is 7.81. The van der Waals surface area contributed by atoms with E-state index in [4.69, 9.17) is 0 Å². The molecule has 94 valence electrons. The summed E-state index contributed by atoms with van der Waals surface area (Å²) in [4.78, 5) is 11.8. The van der Waals surface area contributed by atoms with E-state index in [2.05, 4.69) is 37.2 Å². The summed E-state index contributed by atoms with van der Waals surface area (Å²) in [5, 5.41) is 4.51. The Morgan fingerprint density at radius 3 is 2.35 bits per heavy atom. The maximum absolute atomic E-state index is 11.8. The molecular formula is C13H17Br2NO. The third kappa shape index (κ3) is 5.21. The van der Waals surface area contributed by atoms with Crippen molar-refractivity contribution in [3.63, 3.8) is 0 Å². The van der Waals surface area contributed by atoms with E-state index in [1.54, 1.807) is 0 Å². The molecule has 1 rings (SSSR count). The molecule has 1 aromatic rings. The molecule has 0 aromatic heterocycles. The van der Waals surface area contributed by atoms with Gasteiger partial charge in [-0.2, -0.15) is 0 Å². The van der Waals surface area contributed by atoms with Crippen molar-refractivity contribution in [2.45, 2.75) is 25.3 Å². The molecule has 17 heavy (non-hydrogen) atoms. The van der Waals surface area contributed by atoms with Crippen molar-refractivity contribution >= 4 is 37.8 Å². The summed E-state index contributed by atoms with van der Waals surface area (Å²) < 4.78 is 0. The summed E-state index contributed by atoms with van der Waals surface area (Å²) in [7, 11) is 0. The summed E-state index contributed by atoms with van der Waals surface area (Å²) in [6.07, 6.45) is 1.31. The average Bonchev–Trinajstić information content (AvgIpc) is 2.37. The van der Waals surface area contributed by atoms with Crippen molar-refractivity contribution in [1.82, 2.24) is 5.32 Å². The zero-order chi connectivity index (χ0) is 12.7. The van der Waals surface area contributed by atoms with Gasteiger partial charge in [0, 0.05) is 17.1 Å². The van der Waals surface area contributed by atoms with Crippen LogP contribution in [0.15, 0.2) is 30.3 Å². The predicted molar refractivity (Wildman–Crippen MR) is 78.9 cm³/mol. The Morgan fingerprint density at radius 1 is 1.24 bits per heavy atom. The lowest BCUT2D eigenvalue weighted by molar-refractivity contribution is -0.122. The van der Waals surface area contributed by atoms with Gasteiger partial charge in [0.1, 0.15) is 0 Å². The van der Waals surface area contributed by atoms with Crippen LogP contribution < -0.4 is 5.32 Å². The number of aryl methyl sites for hydroxylation is 1. The molecule has 0 saturated heterocycles. The topological polar surface area (TPSA) is 29.1 Å². The Hall–Kier alpha value is -0.350. The largest absolute Gasteiger partial charge is 0.349 e. The van der Waals surface area contributed by atoms with E-state index in [1.807, 2.05) is 37.3 Å². The number of hydrogen-bond acceptors (Lipinski definition) is 1. The number of rotatable bonds is 6. The number of alkyl halides is 2. The minimum absolute atomic E-state index is 0.0928. The highest BCUT2D eigenvalue weighted by Gasteiger charge is 2.23. The van der Waals surface area contributed by atoms with Crippen molar-refractivity contribution in [3.05, 3.63) is 35.9 Å². The predicted octanol–water partition coefficient (Wildman–Crippen LogP) is 3.28. The molecule has 1 aromatic carbocycles. The lowest BCUT2D eigenvalue weighted by Gasteiger charge is -2.26. The van der Waals surface area contributed by atoms with Gasteiger partial charge in [-0.1, -0.05) is 62.2 Å². The van der Waals surface area contributed by atoms with E-state index in [9.17, 15) is 4.79 Å². The second-order valence-corrected chi connectivity index (χ2v) is 5.48. The van der Waals surface area contributed by atoms with Gasteiger partial charge in [0.25, 0.3) is 0 Å². The summed E-state index contributed by atoms with van der Waals surface area (Å²) in [5.41, 5.74) is 0.982. The summed E-state index contributed by atoms with van der Waals surface area (Å²) in [6.45, 7) is 2.01. The summed E-state index contributed by atoms with van der Waals surface area (Å²) in [5.74, 6) is 0.0928. The third-order valence-corrected chi connectivity index (χ3v) is 4.99. The molecule has 4 heteroatoms. The molecule has 0 aliphatic carbocycles. The fourth-order valence-corrected chi connectivity index (χ4v) is 2.61. The fraction of sp³-hybridized carbons (Fsp3) is 0.462. The molecule has 0 heterocycles. The van der Waals surface area contributed by atoms with Crippen molar-refractivity contribution in [2.75, 3.05) is 10.7 Å². The minimum atomic E-state index is -0.215. The normalized spacial score (nSPS) is 11.2. The van der Waals surface area contributed by atoms with Crippen LogP contribution >= 0.6 is 31.9 Å². The average molecular weight is 363 g/mol. The lowest BCUT2D eigenvalue weighted by atomic mass is 10.1. The van der Waals surface area contributed by atoms with Gasteiger partial charge in [0.05, 0.1) is 5.54 Å². The Balaban J connectivity index is 2.40. The molecule has 0 aliphatic heterocycles. The molecule has 0 unspecified atom stereocenters. The number of carbonyl (C=O) groups excluding carboxylic acids is 1. The number of halogens is 2. The van der Waals surface area contributed by atoms with Crippen LogP contribution in [0.1, 0.15) is 18.9 Å². The zero-order valence-electron chi connectivity index (χ0n) is 9.88. The molecule has 1 N–H and O–H groups in total. The van der Waals surface area contributed by atoms with E-state index in [0.29, 0.717) is 6.42 Å². The highest BCUT2D eigenvalue weighted by atomic mass is 79.9. The van der Waals surface area contributed by atoms with Crippen LogP contribution in [-0.2, 0) is 11.2 Å². The van der Waals surface area contributed by atoms with E-state index in [1.165, 1.54) is 5.56 Å². The van der Waals surface area contributed by atoms with Crippen LogP contribution in [0.4, 0.5) is 0 Å². The summed E-state index contributed by atoms with van der Waals surface area (Å²) >= 11 is 6.82. The molecule has 0 spiro atoms. The Labute approximate surface area is 119 Å². The second-order valence-electron chi connectivity index (χ2n) is 4.36. The molecule has 0 fully saturated rings. The summed E-state index contributed by atoms with van der Waals surface area (Å²) in [6, 6.07) is 10.1. The quantitative estimate of drug-likeness (QED) is 0.773. The molecule has 0 atom stereocenters. The number of nitrogens with one attached hydrogen (secondary N) is 1. The van der Waals surface area contributed by atoms with Crippen LogP contribution in [0.3, 0.4) is 0 Å². The smallest absolute Gasteiger partial charge is 0.220 e. The van der Waals surface area contributed by atoms with E-state index in [0.717, 1.165) is 17.1 Å². The molecule has 2 nitrogen and oxygen atoms in total. The van der Waals surface area contributed by atoms with Crippen LogP contribution in [0, 0.1) is 0 Å². The van der Waals surface area contributed by atoms with Gasteiger partial charge in [-0.25, -0.2) is 0 Å². The van der Waals surface area contributed by atoms with E-state index in [-0.39, 0.29) is 11.4 Å². The van der Waals surface area contributed by atoms with Gasteiger partial charge < -0.3 is 5.32 Å². The number of amides is 1. The molecular weight excluding hydrogens is 346 g/mol. The van der Waals surface area contributed by atoms with Crippen LogP contribution in [0.25, 0.3) is 0 Å². The second kappa shape index (κ2) is 7.17. The molecule has 0 saturated carbocycles. The number of carbonyl (C=O) groups is 1. The van der Waals surface area contributed by atoms with Crippen molar-refractivity contribution < 1.29 is 4.79 Å². The maximum atomic E-state index is 11.8. The Bertz CT molecular complexity index is 350. The Morgan fingerprint density at radius 2 is 1.82 bits per heavy atom. The first-order chi connectivity index (χ1) is 8.09. The van der Waals surface area contributed by atoms with E-state index >= 15 is 0 Å². The van der Waals surface area contributed by atoms with Gasteiger partial charge in [0.2, 0.25) is 5.91 Å². The SMILES string of the molecule is CC(CBr)(CBr)NC(=O)CCc1ccccc1. The first-order valence-electron chi connectivity index (χ1n) is 5.56. The Kier molecular flexibility index (Phi) is 6.20. The van der Waals surface area contributed by atoms with Crippen molar-refractivity contribution in [2.24, 2.45) is 0 Å². The van der Waals surface area contributed by atoms with Gasteiger partial charge in [-0.3, -0.25) is 4.79 Å². The maximum Gasteiger partial charge on any atom is 0.220 e. The lowest BCUT2D eigenvalue weighted by Crippen LogP contribution is -2.49. The van der Waals surface area contributed by atoms with Crippen molar-refractivity contribution in [3.8, 4) is 0 Å². The van der Waals surface area contributed by atoms with Gasteiger partial charge >= 0.3 is 0 Å². The molecule has 0 radical (unpaired) electrons. The zero-order valence-corrected chi connectivity index (χ0v) is 13.1. The van der Waals surface area contributed by atoms with Crippen LogP contribution in [-0.4, -0.2) is 22.1 Å². The minimum Gasteiger partial charge on any atom is -0.349 e. The monoisotopic (exact) mass is 361 g/mol. The van der Waals surface area contributed by atoms with Gasteiger partial charge in [-0.15, -0.1) is 0 Å². The standard InChI is InChI=1S/C13H17Br2NO/c1-13(9-14,10-15)16-12(17)8-7-11-5-3-2-4-6-11/h2-6H,7-10H2,1H3,(H,16,17). The number of benzene rings is 1. The van der Waals surface area contributed by atoms with Crippen LogP contribution in [0.2, 0.25) is 0 Å². The van der Waals surface area contributed by atoms with Crippen LogP contribution in [0.5, 0.6) is 0 Å².